The number of rotatable bonds is 7. The van der Waals surface area contributed by atoms with Crippen LogP contribution in [-0.4, -0.2) is 38.6 Å². The van der Waals surface area contributed by atoms with Gasteiger partial charge in [-0.15, -0.1) is 0 Å². The lowest BCUT2D eigenvalue weighted by Gasteiger charge is -2.08. The number of methoxy groups -OCH3 is 1. The Hall–Kier alpha value is -1.10. The summed E-state index contributed by atoms with van der Waals surface area (Å²) in [4.78, 5) is 22.3. The third kappa shape index (κ3) is 6.26. The van der Waals surface area contributed by atoms with Crippen molar-refractivity contribution in [2.24, 2.45) is 5.92 Å². The molecule has 17 heavy (non-hydrogen) atoms. The van der Waals surface area contributed by atoms with Gasteiger partial charge in [-0.05, 0) is 38.3 Å². The van der Waals surface area contributed by atoms with Gasteiger partial charge < -0.3 is 15.4 Å². The molecule has 0 spiro atoms. The molecular formula is C12H22N2O3. The minimum atomic E-state index is -0.226. The fraction of sp³-hybridized carbons (Fsp3) is 0.833. The summed E-state index contributed by atoms with van der Waals surface area (Å²) in [5.74, 6) is 0.508. The Balaban J connectivity index is 1.95. The maximum absolute atomic E-state index is 11.5. The summed E-state index contributed by atoms with van der Waals surface area (Å²) < 4.78 is 4.51. The predicted octanol–water partition coefficient (Wildman–Crippen LogP) is 0.445. The second kappa shape index (κ2) is 8.06. The zero-order valence-corrected chi connectivity index (χ0v) is 10.5. The smallest absolute Gasteiger partial charge is 0.305 e. The van der Waals surface area contributed by atoms with E-state index in [2.05, 4.69) is 15.4 Å². The van der Waals surface area contributed by atoms with Gasteiger partial charge in [-0.3, -0.25) is 9.59 Å². The number of esters is 1. The van der Waals surface area contributed by atoms with Crippen LogP contribution in [0.3, 0.4) is 0 Å². The van der Waals surface area contributed by atoms with Crippen molar-refractivity contribution < 1.29 is 14.3 Å². The van der Waals surface area contributed by atoms with E-state index in [0.717, 1.165) is 19.5 Å². The number of ether oxygens (including phenoxy) is 1. The highest BCUT2D eigenvalue weighted by Gasteiger charge is 2.15. The van der Waals surface area contributed by atoms with Crippen LogP contribution in [0.4, 0.5) is 0 Å². The van der Waals surface area contributed by atoms with Crippen molar-refractivity contribution in [3.63, 3.8) is 0 Å². The fourth-order valence-electron chi connectivity index (χ4n) is 1.95. The summed E-state index contributed by atoms with van der Waals surface area (Å²) in [5, 5.41) is 6.10. The second-order valence-electron chi connectivity index (χ2n) is 4.43. The molecule has 5 nitrogen and oxygen atoms in total. The maximum Gasteiger partial charge on any atom is 0.305 e. The van der Waals surface area contributed by atoms with Gasteiger partial charge in [0.2, 0.25) is 5.91 Å². The first kappa shape index (κ1) is 14.0. The van der Waals surface area contributed by atoms with E-state index in [-0.39, 0.29) is 11.9 Å². The highest BCUT2D eigenvalue weighted by atomic mass is 16.5. The van der Waals surface area contributed by atoms with Gasteiger partial charge in [-0.2, -0.15) is 0 Å². The molecule has 0 aromatic heterocycles. The topological polar surface area (TPSA) is 67.4 Å². The molecule has 1 aliphatic rings. The van der Waals surface area contributed by atoms with E-state index < -0.39 is 0 Å². The quantitative estimate of drug-likeness (QED) is 0.502. The largest absolute Gasteiger partial charge is 0.469 e. The molecule has 2 N–H and O–H groups in total. The lowest BCUT2D eigenvalue weighted by Crippen LogP contribution is -2.25. The molecule has 1 atom stereocenters. The van der Waals surface area contributed by atoms with Gasteiger partial charge in [-0.25, -0.2) is 0 Å². The van der Waals surface area contributed by atoms with Gasteiger partial charge in [0.25, 0.3) is 0 Å². The lowest BCUT2D eigenvalue weighted by molar-refractivity contribution is -0.140. The number of amides is 1. The molecule has 0 aromatic rings. The van der Waals surface area contributed by atoms with Gasteiger partial charge in [-0.1, -0.05) is 0 Å². The van der Waals surface area contributed by atoms with E-state index in [0.29, 0.717) is 31.7 Å². The number of hydrogen-bond donors (Lipinski definition) is 2. The van der Waals surface area contributed by atoms with E-state index in [9.17, 15) is 9.59 Å². The Morgan fingerprint density at radius 3 is 2.88 bits per heavy atom. The Morgan fingerprint density at radius 1 is 1.41 bits per heavy atom. The summed E-state index contributed by atoms with van der Waals surface area (Å²) in [7, 11) is 1.37. The number of carbonyl (C=O) groups is 2. The predicted molar refractivity (Wildman–Crippen MR) is 64.5 cm³/mol. The van der Waals surface area contributed by atoms with Crippen molar-refractivity contribution in [2.45, 2.75) is 32.1 Å². The van der Waals surface area contributed by atoms with Crippen LogP contribution in [0.25, 0.3) is 0 Å². The van der Waals surface area contributed by atoms with E-state index in [1.54, 1.807) is 0 Å². The van der Waals surface area contributed by atoms with E-state index in [1.807, 2.05) is 0 Å². The Bertz CT molecular complexity index is 250. The second-order valence-corrected chi connectivity index (χ2v) is 4.43. The molecule has 1 saturated heterocycles. The van der Waals surface area contributed by atoms with Crippen molar-refractivity contribution in [2.75, 3.05) is 26.7 Å². The van der Waals surface area contributed by atoms with Crippen LogP contribution in [0, 0.1) is 5.92 Å². The first-order chi connectivity index (χ1) is 8.22. The zero-order valence-electron chi connectivity index (χ0n) is 10.5. The number of hydrogen-bond acceptors (Lipinski definition) is 4. The van der Waals surface area contributed by atoms with Crippen LogP contribution >= 0.6 is 0 Å². The fourth-order valence-corrected chi connectivity index (χ4v) is 1.95. The Morgan fingerprint density at radius 2 is 2.24 bits per heavy atom. The standard InChI is InChI=1S/C12H22N2O3/c1-17-12(16)3-2-7-14-11(15)5-4-10-6-8-13-9-10/h10,13H,2-9H2,1H3,(H,14,15). The summed E-state index contributed by atoms with van der Waals surface area (Å²) in [6.07, 6.45) is 3.72. The van der Waals surface area contributed by atoms with Crippen LogP contribution in [0.15, 0.2) is 0 Å². The monoisotopic (exact) mass is 242 g/mol. The Labute approximate surface area is 102 Å². The average Bonchev–Trinajstić information content (AvgIpc) is 2.84. The first-order valence-corrected chi connectivity index (χ1v) is 6.26. The van der Waals surface area contributed by atoms with Crippen molar-refractivity contribution in [1.29, 1.82) is 0 Å². The minimum Gasteiger partial charge on any atom is -0.469 e. The molecular weight excluding hydrogens is 220 g/mol. The van der Waals surface area contributed by atoms with Crippen molar-refractivity contribution in [3.8, 4) is 0 Å². The maximum atomic E-state index is 11.5. The van der Waals surface area contributed by atoms with Crippen LogP contribution in [0.5, 0.6) is 0 Å². The molecule has 1 heterocycles. The molecule has 0 aromatic carbocycles. The molecule has 1 unspecified atom stereocenters. The highest BCUT2D eigenvalue weighted by molar-refractivity contribution is 5.76. The molecule has 1 rings (SSSR count). The van der Waals surface area contributed by atoms with Crippen LogP contribution < -0.4 is 10.6 Å². The van der Waals surface area contributed by atoms with Gasteiger partial charge in [0.05, 0.1) is 7.11 Å². The van der Waals surface area contributed by atoms with Gasteiger partial charge in [0, 0.05) is 19.4 Å². The third-order valence-electron chi connectivity index (χ3n) is 3.05. The molecule has 0 aliphatic carbocycles. The molecule has 0 saturated carbocycles. The molecule has 1 aliphatic heterocycles. The van der Waals surface area contributed by atoms with E-state index >= 15 is 0 Å². The minimum absolute atomic E-state index is 0.0850. The summed E-state index contributed by atoms with van der Waals surface area (Å²) in [5.41, 5.74) is 0. The van der Waals surface area contributed by atoms with Crippen LogP contribution in [0.2, 0.25) is 0 Å². The van der Waals surface area contributed by atoms with E-state index in [1.165, 1.54) is 13.5 Å². The molecule has 98 valence electrons. The van der Waals surface area contributed by atoms with Crippen molar-refractivity contribution in [1.82, 2.24) is 10.6 Å². The lowest BCUT2D eigenvalue weighted by atomic mass is 10.0. The first-order valence-electron chi connectivity index (χ1n) is 6.26. The van der Waals surface area contributed by atoms with Crippen LogP contribution in [0.1, 0.15) is 32.1 Å². The van der Waals surface area contributed by atoms with Gasteiger partial charge >= 0.3 is 5.97 Å². The number of nitrogens with one attached hydrogen (secondary N) is 2. The molecule has 1 amide bonds. The molecule has 0 bridgehead atoms. The van der Waals surface area contributed by atoms with Crippen molar-refractivity contribution in [3.05, 3.63) is 0 Å². The summed E-state index contributed by atoms with van der Waals surface area (Å²) in [6.45, 7) is 2.66. The molecule has 1 fully saturated rings. The van der Waals surface area contributed by atoms with Gasteiger partial charge in [0.15, 0.2) is 0 Å². The van der Waals surface area contributed by atoms with E-state index in [4.69, 9.17) is 0 Å². The summed E-state index contributed by atoms with van der Waals surface area (Å²) >= 11 is 0. The number of carbonyl (C=O) groups excluding carboxylic acids is 2. The summed E-state index contributed by atoms with van der Waals surface area (Å²) in [6, 6.07) is 0. The van der Waals surface area contributed by atoms with Gasteiger partial charge in [0.1, 0.15) is 0 Å². The third-order valence-corrected chi connectivity index (χ3v) is 3.05. The normalized spacial score (nSPS) is 19.0. The highest BCUT2D eigenvalue weighted by Crippen LogP contribution is 2.13. The van der Waals surface area contributed by atoms with Crippen LogP contribution in [-0.2, 0) is 14.3 Å². The zero-order chi connectivity index (χ0) is 12.5. The van der Waals surface area contributed by atoms with Crippen molar-refractivity contribution >= 4 is 11.9 Å². The molecule has 5 heteroatoms. The average molecular weight is 242 g/mol. The SMILES string of the molecule is COC(=O)CCCNC(=O)CCC1CCNC1. The Kier molecular flexibility index (Phi) is 6.62. The molecule has 0 radical (unpaired) electrons.